The Hall–Kier alpha value is -1.32. The molecule has 0 atom stereocenters. The Balaban J connectivity index is 3.14. The van der Waals surface area contributed by atoms with Crippen molar-refractivity contribution in [3.8, 4) is 0 Å². The molecule has 0 aliphatic heterocycles. The van der Waals surface area contributed by atoms with Gasteiger partial charge in [-0.3, -0.25) is 9.59 Å². The molecule has 1 N–H and O–H groups in total. The van der Waals surface area contributed by atoms with Gasteiger partial charge in [0.05, 0.1) is 6.61 Å². The fourth-order valence-corrected chi connectivity index (χ4v) is 9.52. The molecule has 0 aliphatic rings. The number of esters is 1. The number of unbranched alkanes of at least 4 members (excludes halogenated alkanes) is 49. The van der Waals surface area contributed by atoms with Crippen molar-refractivity contribution in [3.05, 3.63) is 12.2 Å². The highest BCUT2D eigenvalue weighted by atomic mass is 16.5. The number of hydrogen-bond acceptors (Lipinski definition) is 3. The summed E-state index contributed by atoms with van der Waals surface area (Å²) >= 11 is 0. The normalized spacial score (nSPS) is 11.6. The third-order valence-corrected chi connectivity index (χ3v) is 13.9. The van der Waals surface area contributed by atoms with E-state index >= 15 is 0 Å². The zero-order chi connectivity index (χ0) is 46.2. The van der Waals surface area contributed by atoms with E-state index < -0.39 is 5.97 Å². The third kappa shape index (κ3) is 58.7. The molecule has 0 aliphatic carbocycles. The van der Waals surface area contributed by atoms with Gasteiger partial charge in [-0.25, -0.2) is 0 Å². The first-order chi connectivity index (χ1) is 31.7. The second kappa shape index (κ2) is 57.8. The van der Waals surface area contributed by atoms with Crippen LogP contribution in [0.25, 0.3) is 0 Å². The van der Waals surface area contributed by atoms with Crippen LogP contribution in [-0.4, -0.2) is 23.7 Å². The van der Waals surface area contributed by atoms with Gasteiger partial charge in [0.15, 0.2) is 0 Å². The molecule has 0 unspecified atom stereocenters. The van der Waals surface area contributed by atoms with Crippen molar-refractivity contribution < 1.29 is 19.4 Å². The largest absolute Gasteiger partial charge is 0.481 e. The first-order valence-corrected chi connectivity index (χ1v) is 29.7. The summed E-state index contributed by atoms with van der Waals surface area (Å²) in [6.45, 7) is 2.91. The summed E-state index contributed by atoms with van der Waals surface area (Å²) in [6.07, 6.45) is 76.3. The monoisotopic (exact) mass is 901 g/mol. The van der Waals surface area contributed by atoms with Crippen LogP contribution in [0.3, 0.4) is 0 Å². The van der Waals surface area contributed by atoms with Gasteiger partial charge in [0.2, 0.25) is 0 Å². The number of aliphatic carboxylic acids is 1. The SMILES string of the molecule is CCCCCCCCC=CCCCCCCCCCC(=O)OCCCCCCCCCCCCCCCCCCCCCCCCCCCCCCCCCCCCCCCC(=O)O. The quantitative estimate of drug-likeness (QED) is 0.0375. The van der Waals surface area contributed by atoms with Crippen molar-refractivity contribution in [1.82, 2.24) is 0 Å². The summed E-state index contributed by atoms with van der Waals surface area (Å²) in [6, 6.07) is 0. The molecular formula is C60H116O4. The molecule has 0 saturated carbocycles. The number of rotatable bonds is 57. The van der Waals surface area contributed by atoms with Crippen molar-refractivity contribution in [2.75, 3.05) is 6.61 Å². The number of ether oxygens (including phenoxy) is 1. The average Bonchev–Trinajstić information content (AvgIpc) is 3.29. The average molecular weight is 902 g/mol. The Morgan fingerprint density at radius 2 is 0.516 bits per heavy atom. The number of carboxylic acid groups (broad SMARTS) is 1. The fraction of sp³-hybridized carbons (Fsp3) is 0.933. The zero-order valence-corrected chi connectivity index (χ0v) is 43.7. The second-order valence-corrected chi connectivity index (χ2v) is 20.5. The first-order valence-electron chi connectivity index (χ1n) is 29.7. The van der Waals surface area contributed by atoms with E-state index in [2.05, 4.69) is 19.1 Å². The van der Waals surface area contributed by atoms with Crippen LogP contribution < -0.4 is 0 Å². The topological polar surface area (TPSA) is 63.6 Å². The molecule has 0 spiro atoms. The molecule has 0 radical (unpaired) electrons. The minimum Gasteiger partial charge on any atom is -0.481 e. The van der Waals surface area contributed by atoms with Crippen LogP contribution in [0.5, 0.6) is 0 Å². The van der Waals surface area contributed by atoms with E-state index in [9.17, 15) is 9.59 Å². The maximum atomic E-state index is 12.1. The van der Waals surface area contributed by atoms with Crippen molar-refractivity contribution in [2.24, 2.45) is 0 Å². The number of carboxylic acids is 1. The summed E-state index contributed by atoms with van der Waals surface area (Å²) in [7, 11) is 0. The van der Waals surface area contributed by atoms with Crippen LogP contribution in [0.4, 0.5) is 0 Å². The summed E-state index contributed by atoms with van der Waals surface area (Å²) in [5, 5.41) is 8.68. The van der Waals surface area contributed by atoms with Gasteiger partial charge in [0, 0.05) is 12.8 Å². The zero-order valence-electron chi connectivity index (χ0n) is 43.7. The predicted octanol–water partition coefficient (Wildman–Crippen LogP) is 21.3. The van der Waals surface area contributed by atoms with Crippen molar-refractivity contribution in [3.63, 3.8) is 0 Å². The van der Waals surface area contributed by atoms with Crippen molar-refractivity contribution in [2.45, 2.75) is 354 Å². The molecule has 0 aromatic heterocycles. The van der Waals surface area contributed by atoms with Crippen LogP contribution in [0, 0.1) is 0 Å². The molecule has 4 nitrogen and oxygen atoms in total. The van der Waals surface area contributed by atoms with Crippen molar-refractivity contribution >= 4 is 11.9 Å². The standard InChI is InChI=1S/C60H116O4/c1-2-3-4-5-6-7-8-9-10-32-36-39-42-45-48-51-54-57-60(63)64-58-55-52-49-46-43-40-37-34-31-29-27-25-23-21-19-17-15-13-11-12-14-16-18-20-22-24-26-28-30-33-35-38-41-44-47-50-53-56-59(61)62/h9-10H,2-8,11-58H2,1H3,(H,61,62). The number of carbonyl (C=O) groups excluding carboxylic acids is 1. The Morgan fingerprint density at radius 3 is 0.781 bits per heavy atom. The Kier molecular flexibility index (Phi) is 56.6. The number of carbonyl (C=O) groups is 2. The molecule has 0 heterocycles. The van der Waals surface area contributed by atoms with E-state index in [4.69, 9.17) is 9.84 Å². The Labute approximate surface area is 402 Å². The molecular weight excluding hydrogens is 785 g/mol. The van der Waals surface area contributed by atoms with E-state index in [0.717, 1.165) is 25.7 Å². The van der Waals surface area contributed by atoms with Crippen LogP contribution in [0.15, 0.2) is 12.2 Å². The van der Waals surface area contributed by atoms with Crippen LogP contribution in [-0.2, 0) is 14.3 Å². The molecule has 380 valence electrons. The second-order valence-electron chi connectivity index (χ2n) is 20.5. The predicted molar refractivity (Wildman–Crippen MR) is 283 cm³/mol. The van der Waals surface area contributed by atoms with E-state index in [1.807, 2.05) is 0 Å². The van der Waals surface area contributed by atoms with Gasteiger partial charge in [-0.05, 0) is 44.9 Å². The highest BCUT2D eigenvalue weighted by molar-refractivity contribution is 5.69. The van der Waals surface area contributed by atoms with Gasteiger partial charge >= 0.3 is 11.9 Å². The van der Waals surface area contributed by atoms with Crippen molar-refractivity contribution in [1.29, 1.82) is 0 Å². The Morgan fingerprint density at radius 1 is 0.297 bits per heavy atom. The van der Waals surface area contributed by atoms with Gasteiger partial charge in [0.25, 0.3) is 0 Å². The van der Waals surface area contributed by atoms with Gasteiger partial charge in [-0.2, -0.15) is 0 Å². The molecule has 0 amide bonds. The molecule has 0 saturated heterocycles. The van der Waals surface area contributed by atoms with Crippen LogP contribution >= 0.6 is 0 Å². The fourth-order valence-electron chi connectivity index (χ4n) is 9.52. The summed E-state index contributed by atoms with van der Waals surface area (Å²) in [4.78, 5) is 22.6. The molecule has 0 aromatic carbocycles. The number of hydrogen-bond donors (Lipinski definition) is 1. The van der Waals surface area contributed by atoms with E-state index in [0.29, 0.717) is 19.4 Å². The van der Waals surface area contributed by atoms with E-state index in [1.165, 1.54) is 308 Å². The lowest BCUT2D eigenvalue weighted by Gasteiger charge is -2.06. The lowest BCUT2D eigenvalue weighted by Crippen LogP contribution is -2.05. The molecule has 4 heteroatoms. The molecule has 0 bridgehead atoms. The summed E-state index contributed by atoms with van der Waals surface area (Å²) in [5.74, 6) is -0.628. The molecule has 0 aromatic rings. The number of allylic oxidation sites excluding steroid dienone is 2. The van der Waals surface area contributed by atoms with Gasteiger partial charge in [0.1, 0.15) is 0 Å². The summed E-state index contributed by atoms with van der Waals surface area (Å²) in [5.41, 5.74) is 0. The smallest absolute Gasteiger partial charge is 0.305 e. The molecule has 64 heavy (non-hydrogen) atoms. The minimum absolute atomic E-state index is 0.0221. The third-order valence-electron chi connectivity index (χ3n) is 13.9. The Bertz CT molecular complexity index is 913. The lowest BCUT2D eigenvalue weighted by molar-refractivity contribution is -0.144. The van der Waals surface area contributed by atoms with Crippen LogP contribution in [0.1, 0.15) is 354 Å². The lowest BCUT2D eigenvalue weighted by atomic mass is 10.0. The summed E-state index contributed by atoms with van der Waals surface area (Å²) < 4.78 is 5.50. The first kappa shape index (κ1) is 62.7. The van der Waals surface area contributed by atoms with Crippen LogP contribution in [0.2, 0.25) is 0 Å². The van der Waals surface area contributed by atoms with Gasteiger partial charge in [-0.1, -0.05) is 308 Å². The van der Waals surface area contributed by atoms with Gasteiger partial charge in [-0.15, -0.1) is 0 Å². The maximum Gasteiger partial charge on any atom is 0.305 e. The minimum atomic E-state index is -0.650. The molecule has 0 rings (SSSR count). The van der Waals surface area contributed by atoms with E-state index in [1.54, 1.807) is 0 Å². The van der Waals surface area contributed by atoms with E-state index in [-0.39, 0.29) is 5.97 Å². The van der Waals surface area contributed by atoms with Gasteiger partial charge < -0.3 is 9.84 Å². The maximum absolute atomic E-state index is 12.1. The molecule has 0 fully saturated rings. The highest BCUT2D eigenvalue weighted by Gasteiger charge is 2.03. The highest BCUT2D eigenvalue weighted by Crippen LogP contribution is 2.18.